The molecule has 2 aromatic rings. The van der Waals surface area contributed by atoms with Gasteiger partial charge in [0.05, 0.1) is 0 Å². The van der Waals surface area contributed by atoms with Crippen LogP contribution in [-0.4, -0.2) is 31.1 Å². The van der Waals surface area contributed by atoms with Crippen LogP contribution in [0.15, 0.2) is 48.5 Å². The maximum atomic E-state index is 12.6. The Morgan fingerprint density at radius 3 is 2.44 bits per heavy atom. The zero-order valence-electron chi connectivity index (χ0n) is 16.0. The van der Waals surface area contributed by atoms with Crippen LogP contribution in [0.5, 0.6) is 5.75 Å². The second-order valence-corrected chi connectivity index (χ2v) is 7.01. The molecule has 0 fully saturated rings. The van der Waals surface area contributed by atoms with Gasteiger partial charge in [0.25, 0.3) is 5.91 Å². The molecule has 1 atom stereocenters. The fraction of sp³-hybridized carbons (Fsp3) is 0.364. The molecule has 0 bridgehead atoms. The predicted octanol–water partition coefficient (Wildman–Crippen LogP) is 3.71. The molecule has 0 spiro atoms. The Labute approximate surface area is 159 Å². The first-order valence-corrected chi connectivity index (χ1v) is 9.27. The van der Waals surface area contributed by atoms with Gasteiger partial charge in [-0.05, 0) is 48.6 Å². The van der Waals surface area contributed by atoms with E-state index in [-0.39, 0.29) is 12.5 Å². The molecule has 1 amide bonds. The highest BCUT2D eigenvalue weighted by Crippen LogP contribution is 2.28. The van der Waals surface area contributed by atoms with Gasteiger partial charge in [0.1, 0.15) is 5.75 Å². The molecule has 27 heavy (non-hydrogen) atoms. The van der Waals surface area contributed by atoms with Crippen molar-refractivity contribution in [3.63, 3.8) is 0 Å². The van der Waals surface area contributed by atoms with E-state index in [0.717, 1.165) is 17.7 Å². The van der Waals surface area contributed by atoms with Gasteiger partial charge in [0.15, 0.2) is 12.7 Å². The highest BCUT2D eigenvalue weighted by molar-refractivity contribution is 5.99. The van der Waals surface area contributed by atoms with E-state index in [2.05, 4.69) is 13.8 Å². The summed E-state index contributed by atoms with van der Waals surface area (Å²) < 4.78 is 10.7. The second kappa shape index (κ2) is 8.25. The number of benzene rings is 2. The summed E-state index contributed by atoms with van der Waals surface area (Å²) in [4.78, 5) is 26.4. The summed E-state index contributed by atoms with van der Waals surface area (Å²) in [5.74, 6) is 0.265. The third kappa shape index (κ3) is 4.48. The Morgan fingerprint density at radius 1 is 1.04 bits per heavy atom. The average Bonchev–Trinajstić information content (AvgIpc) is 3.10. The lowest BCUT2D eigenvalue weighted by molar-refractivity contribution is -0.155. The second-order valence-electron chi connectivity index (χ2n) is 7.01. The molecule has 0 saturated heterocycles. The Morgan fingerprint density at radius 2 is 1.74 bits per heavy atom. The van der Waals surface area contributed by atoms with Crippen molar-refractivity contribution in [1.82, 2.24) is 0 Å². The first-order chi connectivity index (χ1) is 13.0. The normalized spacial score (nSPS) is 14.0. The molecule has 1 aliphatic heterocycles. The van der Waals surface area contributed by atoms with Crippen LogP contribution in [0.1, 0.15) is 37.8 Å². The molecule has 0 N–H and O–H groups in total. The van der Waals surface area contributed by atoms with Crippen molar-refractivity contribution in [1.29, 1.82) is 0 Å². The number of esters is 1. The van der Waals surface area contributed by atoms with Gasteiger partial charge in [-0.25, -0.2) is 4.79 Å². The zero-order valence-corrected chi connectivity index (χ0v) is 16.0. The molecule has 1 aliphatic rings. The highest BCUT2D eigenvalue weighted by atomic mass is 16.6. The molecule has 5 heteroatoms. The Balaban J connectivity index is 1.51. The van der Waals surface area contributed by atoms with E-state index < -0.39 is 12.1 Å². The maximum absolute atomic E-state index is 12.6. The van der Waals surface area contributed by atoms with E-state index in [1.807, 2.05) is 48.5 Å². The number of para-hydroxylation sites is 1. The number of amides is 1. The summed E-state index contributed by atoms with van der Waals surface area (Å²) in [5, 5.41) is 0. The minimum Gasteiger partial charge on any atom is -0.482 e. The lowest BCUT2D eigenvalue weighted by Gasteiger charge is -2.21. The number of carbonyl (C=O) groups is 2. The van der Waals surface area contributed by atoms with E-state index in [0.29, 0.717) is 18.2 Å². The molecule has 142 valence electrons. The summed E-state index contributed by atoms with van der Waals surface area (Å²) in [6.45, 7) is 6.21. The topological polar surface area (TPSA) is 55.8 Å². The van der Waals surface area contributed by atoms with Crippen LogP contribution in [0.3, 0.4) is 0 Å². The molecule has 0 saturated carbocycles. The van der Waals surface area contributed by atoms with Gasteiger partial charge in [0.2, 0.25) is 0 Å². The van der Waals surface area contributed by atoms with Crippen LogP contribution in [0.4, 0.5) is 5.69 Å². The molecular formula is C22H25NO4. The molecule has 1 heterocycles. The van der Waals surface area contributed by atoms with E-state index in [4.69, 9.17) is 9.47 Å². The molecule has 0 unspecified atom stereocenters. The quantitative estimate of drug-likeness (QED) is 0.731. The number of hydrogen-bond donors (Lipinski definition) is 0. The number of carbonyl (C=O) groups excluding carboxylic acids is 2. The average molecular weight is 367 g/mol. The molecule has 2 aromatic carbocycles. The molecule has 0 radical (unpaired) electrons. The standard InChI is InChI=1S/C22H25NO4/c1-15(2)17-8-10-19(11-9-17)26-14-21(24)27-16(3)22(25)23-13-12-18-6-4-5-7-20(18)23/h4-11,15-16H,12-14H2,1-3H3/t16-/m1/s1. The summed E-state index contributed by atoms with van der Waals surface area (Å²) in [6.07, 6.45) is -0.0338. The minimum atomic E-state index is -0.851. The van der Waals surface area contributed by atoms with E-state index in [9.17, 15) is 9.59 Å². The van der Waals surface area contributed by atoms with Crippen molar-refractivity contribution in [3.8, 4) is 5.75 Å². The minimum absolute atomic E-state index is 0.213. The van der Waals surface area contributed by atoms with Crippen LogP contribution < -0.4 is 9.64 Å². The van der Waals surface area contributed by atoms with E-state index in [1.165, 1.54) is 5.56 Å². The smallest absolute Gasteiger partial charge is 0.344 e. The number of nitrogens with zero attached hydrogens (tertiary/aromatic N) is 1. The van der Waals surface area contributed by atoms with Crippen molar-refractivity contribution < 1.29 is 19.1 Å². The summed E-state index contributed by atoms with van der Waals surface area (Å²) in [7, 11) is 0. The van der Waals surface area contributed by atoms with E-state index >= 15 is 0 Å². The summed E-state index contributed by atoms with van der Waals surface area (Å²) in [5.41, 5.74) is 3.24. The van der Waals surface area contributed by atoms with Crippen LogP contribution in [0.2, 0.25) is 0 Å². The van der Waals surface area contributed by atoms with Gasteiger partial charge in [-0.15, -0.1) is 0 Å². The third-order valence-electron chi connectivity index (χ3n) is 4.71. The molecule has 5 nitrogen and oxygen atoms in total. The summed E-state index contributed by atoms with van der Waals surface area (Å²) in [6, 6.07) is 15.4. The fourth-order valence-electron chi connectivity index (χ4n) is 3.16. The lowest BCUT2D eigenvalue weighted by Crippen LogP contribution is -2.39. The zero-order chi connectivity index (χ0) is 19.4. The van der Waals surface area contributed by atoms with Gasteiger partial charge in [-0.1, -0.05) is 44.2 Å². The van der Waals surface area contributed by atoms with Crippen LogP contribution >= 0.6 is 0 Å². The number of ether oxygens (including phenoxy) is 2. The number of fused-ring (bicyclic) bond motifs is 1. The van der Waals surface area contributed by atoms with Crippen molar-refractivity contribution in [2.24, 2.45) is 0 Å². The van der Waals surface area contributed by atoms with Crippen LogP contribution in [0.25, 0.3) is 0 Å². The Hall–Kier alpha value is -2.82. The number of rotatable bonds is 6. The van der Waals surface area contributed by atoms with E-state index in [1.54, 1.807) is 11.8 Å². The summed E-state index contributed by atoms with van der Waals surface area (Å²) >= 11 is 0. The van der Waals surface area contributed by atoms with Gasteiger partial charge in [0, 0.05) is 12.2 Å². The van der Waals surface area contributed by atoms with Crippen molar-refractivity contribution in [2.75, 3.05) is 18.1 Å². The first-order valence-electron chi connectivity index (χ1n) is 9.27. The van der Waals surface area contributed by atoms with Crippen LogP contribution in [-0.2, 0) is 20.7 Å². The predicted molar refractivity (Wildman–Crippen MR) is 104 cm³/mol. The monoisotopic (exact) mass is 367 g/mol. The fourth-order valence-corrected chi connectivity index (χ4v) is 3.16. The molecule has 0 aromatic heterocycles. The SMILES string of the molecule is CC(C)c1ccc(OCC(=O)O[C@H](C)C(=O)N2CCc3ccccc32)cc1. The van der Waals surface area contributed by atoms with Gasteiger partial charge in [-0.3, -0.25) is 4.79 Å². The van der Waals surface area contributed by atoms with Gasteiger partial charge in [-0.2, -0.15) is 0 Å². The molecule has 0 aliphatic carbocycles. The van der Waals surface area contributed by atoms with Crippen molar-refractivity contribution in [2.45, 2.75) is 39.2 Å². The molecule has 3 rings (SSSR count). The lowest BCUT2D eigenvalue weighted by atomic mass is 10.0. The maximum Gasteiger partial charge on any atom is 0.344 e. The van der Waals surface area contributed by atoms with Gasteiger partial charge < -0.3 is 14.4 Å². The largest absolute Gasteiger partial charge is 0.482 e. The Kier molecular flexibility index (Phi) is 5.79. The Bertz CT molecular complexity index is 813. The van der Waals surface area contributed by atoms with Crippen molar-refractivity contribution >= 4 is 17.6 Å². The number of anilines is 1. The third-order valence-corrected chi connectivity index (χ3v) is 4.71. The van der Waals surface area contributed by atoms with Gasteiger partial charge >= 0.3 is 5.97 Å². The van der Waals surface area contributed by atoms with Crippen LogP contribution in [0, 0.1) is 0 Å². The number of hydrogen-bond acceptors (Lipinski definition) is 4. The first kappa shape index (κ1) is 19.0. The van der Waals surface area contributed by atoms with Crippen molar-refractivity contribution in [3.05, 3.63) is 59.7 Å². The highest BCUT2D eigenvalue weighted by Gasteiger charge is 2.29. The molecular weight excluding hydrogens is 342 g/mol.